The summed E-state index contributed by atoms with van der Waals surface area (Å²) in [7, 11) is 0. The Morgan fingerprint density at radius 2 is 2.00 bits per heavy atom. The van der Waals surface area contributed by atoms with Crippen LogP contribution >= 0.6 is 0 Å². The van der Waals surface area contributed by atoms with Gasteiger partial charge in [-0.1, -0.05) is 0 Å². The van der Waals surface area contributed by atoms with Crippen LogP contribution in [0.1, 0.15) is 12.8 Å². The van der Waals surface area contributed by atoms with Crippen molar-refractivity contribution in [2.24, 2.45) is 0 Å². The normalized spacial score (nSPS) is 17.8. The molecular formula is C12H13N3O5. The topological polar surface area (TPSA) is 113 Å². The van der Waals surface area contributed by atoms with Gasteiger partial charge < -0.3 is 15.3 Å². The standard InChI is InChI=1S/C12H13N3O5/c16-11(17)10-2-1-7-14(10)12(18)13-8-3-5-9(6-4-8)15(19)20/h3-6,10H,1-2,7H2,(H,13,18)(H,16,17)/t10-/m0/s1. The van der Waals surface area contributed by atoms with Crippen molar-refractivity contribution in [3.05, 3.63) is 34.4 Å². The Balaban J connectivity index is 2.04. The third-order valence-corrected chi connectivity index (χ3v) is 3.13. The Kier molecular flexibility index (Phi) is 3.83. The Morgan fingerprint density at radius 3 is 2.55 bits per heavy atom. The number of rotatable bonds is 3. The molecule has 106 valence electrons. The summed E-state index contributed by atoms with van der Waals surface area (Å²) in [6.45, 7) is 0.385. The first-order valence-corrected chi connectivity index (χ1v) is 6.04. The molecular weight excluding hydrogens is 266 g/mol. The second kappa shape index (κ2) is 5.55. The summed E-state index contributed by atoms with van der Waals surface area (Å²) in [6, 6.07) is 4.03. The third kappa shape index (κ3) is 2.85. The summed E-state index contributed by atoms with van der Waals surface area (Å²) in [6.07, 6.45) is 1.08. The van der Waals surface area contributed by atoms with E-state index in [2.05, 4.69) is 5.32 Å². The van der Waals surface area contributed by atoms with Crippen LogP contribution in [0, 0.1) is 10.1 Å². The summed E-state index contributed by atoms with van der Waals surface area (Å²) in [5, 5.41) is 22.0. The molecule has 1 aliphatic heterocycles. The molecule has 1 aromatic carbocycles. The van der Waals surface area contributed by atoms with Gasteiger partial charge in [0.25, 0.3) is 5.69 Å². The number of non-ortho nitro benzene ring substituents is 1. The van der Waals surface area contributed by atoms with E-state index in [9.17, 15) is 19.7 Å². The molecule has 0 radical (unpaired) electrons. The zero-order valence-corrected chi connectivity index (χ0v) is 10.5. The van der Waals surface area contributed by atoms with Crippen LogP contribution in [0.15, 0.2) is 24.3 Å². The molecule has 1 aromatic rings. The van der Waals surface area contributed by atoms with Crippen molar-refractivity contribution < 1.29 is 19.6 Å². The first-order valence-electron chi connectivity index (χ1n) is 6.04. The van der Waals surface area contributed by atoms with E-state index in [1.54, 1.807) is 0 Å². The molecule has 0 aromatic heterocycles. The highest BCUT2D eigenvalue weighted by Gasteiger charge is 2.33. The Bertz CT molecular complexity index is 543. The predicted molar refractivity (Wildman–Crippen MR) is 69.5 cm³/mol. The number of nitro groups is 1. The molecule has 0 bridgehead atoms. The lowest BCUT2D eigenvalue weighted by Gasteiger charge is -2.21. The van der Waals surface area contributed by atoms with Crippen LogP contribution in [0.5, 0.6) is 0 Å². The van der Waals surface area contributed by atoms with E-state index in [1.165, 1.54) is 29.2 Å². The van der Waals surface area contributed by atoms with E-state index in [0.29, 0.717) is 25.1 Å². The summed E-state index contributed by atoms with van der Waals surface area (Å²) >= 11 is 0. The van der Waals surface area contributed by atoms with Crippen molar-refractivity contribution in [1.29, 1.82) is 0 Å². The van der Waals surface area contributed by atoms with Crippen LogP contribution in [0.2, 0.25) is 0 Å². The fourth-order valence-corrected chi connectivity index (χ4v) is 2.13. The van der Waals surface area contributed by atoms with Crippen molar-refractivity contribution in [2.45, 2.75) is 18.9 Å². The van der Waals surface area contributed by atoms with Gasteiger partial charge in [-0.05, 0) is 25.0 Å². The van der Waals surface area contributed by atoms with Gasteiger partial charge in [-0.15, -0.1) is 0 Å². The SMILES string of the molecule is O=C(O)[C@@H]1CCCN1C(=O)Nc1ccc([N+](=O)[O-])cc1. The van der Waals surface area contributed by atoms with Crippen molar-refractivity contribution in [1.82, 2.24) is 4.90 Å². The van der Waals surface area contributed by atoms with Crippen molar-refractivity contribution in [2.75, 3.05) is 11.9 Å². The molecule has 2 N–H and O–H groups in total. The zero-order valence-electron chi connectivity index (χ0n) is 10.5. The van der Waals surface area contributed by atoms with Gasteiger partial charge in [-0.25, -0.2) is 9.59 Å². The third-order valence-electron chi connectivity index (χ3n) is 3.13. The summed E-state index contributed by atoms with van der Waals surface area (Å²) in [5.41, 5.74) is 0.309. The Hall–Kier alpha value is -2.64. The number of benzene rings is 1. The largest absolute Gasteiger partial charge is 0.480 e. The van der Waals surface area contributed by atoms with Crippen LogP contribution in [0.25, 0.3) is 0 Å². The van der Waals surface area contributed by atoms with Crippen LogP contribution in [0.3, 0.4) is 0 Å². The van der Waals surface area contributed by atoms with Crippen LogP contribution in [0.4, 0.5) is 16.2 Å². The average molecular weight is 279 g/mol. The van der Waals surface area contributed by atoms with E-state index in [1.807, 2.05) is 0 Å². The monoisotopic (exact) mass is 279 g/mol. The van der Waals surface area contributed by atoms with E-state index in [-0.39, 0.29) is 5.69 Å². The highest BCUT2D eigenvalue weighted by Crippen LogP contribution is 2.20. The number of urea groups is 1. The first-order chi connectivity index (χ1) is 9.49. The Morgan fingerprint density at radius 1 is 1.35 bits per heavy atom. The number of carboxylic acid groups (broad SMARTS) is 1. The lowest BCUT2D eigenvalue weighted by Crippen LogP contribution is -2.42. The number of nitrogens with one attached hydrogen (secondary N) is 1. The van der Waals surface area contributed by atoms with E-state index in [4.69, 9.17) is 5.11 Å². The number of carbonyl (C=O) groups is 2. The van der Waals surface area contributed by atoms with Gasteiger partial charge in [0.1, 0.15) is 6.04 Å². The fraction of sp³-hybridized carbons (Fsp3) is 0.333. The second-order valence-electron chi connectivity index (χ2n) is 4.42. The van der Waals surface area contributed by atoms with Crippen molar-refractivity contribution in [3.8, 4) is 0 Å². The second-order valence-corrected chi connectivity index (χ2v) is 4.42. The Labute approximate surface area is 114 Å². The van der Waals surface area contributed by atoms with Gasteiger partial charge >= 0.3 is 12.0 Å². The molecule has 2 amide bonds. The molecule has 1 heterocycles. The smallest absolute Gasteiger partial charge is 0.326 e. The highest BCUT2D eigenvalue weighted by atomic mass is 16.6. The van der Waals surface area contributed by atoms with E-state index >= 15 is 0 Å². The maximum absolute atomic E-state index is 12.0. The average Bonchev–Trinajstić information content (AvgIpc) is 2.88. The number of hydrogen-bond acceptors (Lipinski definition) is 4. The number of carboxylic acids is 1. The maximum atomic E-state index is 12.0. The molecule has 0 spiro atoms. The lowest BCUT2D eigenvalue weighted by atomic mass is 10.2. The van der Waals surface area contributed by atoms with Gasteiger partial charge in [0.2, 0.25) is 0 Å². The molecule has 20 heavy (non-hydrogen) atoms. The van der Waals surface area contributed by atoms with Gasteiger partial charge in [0.05, 0.1) is 4.92 Å². The molecule has 1 aliphatic rings. The fourth-order valence-electron chi connectivity index (χ4n) is 2.13. The molecule has 8 heteroatoms. The number of anilines is 1. The quantitative estimate of drug-likeness (QED) is 0.645. The number of nitrogens with zero attached hydrogens (tertiary/aromatic N) is 2. The molecule has 2 rings (SSSR count). The number of amides is 2. The minimum absolute atomic E-state index is 0.0763. The van der Waals surface area contributed by atoms with Gasteiger partial charge in [-0.3, -0.25) is 10.1 Å². The number of likely N-dealkylation sites (tertiary alicyclic amines) is 1. The number of nitro benzene ring substituents is 1. The van der Waals surface area contributed by atoms with Crippen LogP contribution in [-0.2, 0) is 4.79 Å². The van der Waals surface area contributed by atoms with E-state index < -0.39 is 23.0 Å². The molecule has 1 atom stereocenters. The molecule has 1 fully saturated rings. The summed E-state index contributed by atoms with van der Waals surface area (Å²) in [4.78, 5) is 34.2. The van der Waals surface area contributed by atoms with Crippen molar-refractivity contribution in [3.63, 3.8) is 0 Å². The number of carbonyl (C=O) groups excluding carboxylic acids is 1. The van der Waals surface area contributed by atoms with Crippen molar-refractivity contribution >= 4 is 23.4 Å². The highest BCUT2D eigenvalue weighted by molar-refractivity contribution is 5.92. The minimum Gasteiger partial charge on any atom is -0.480 e. The summed E-state index contributed by atoms with van der Waals surface area (Å²) < 4.78 is 0. The maximum Gasteiger partial charge on any atom is 0.326 e. The molecule has 0 unspecified atom stereocenters. The molecule has 0 aliphatic carbocycles. The van der Waals surface area contributed by atoms with Crippen LogP contribution < -0.4 is 5.32 Å². The predicted octanol–water partition coefficient (Wildman–Crippen LogP) is 1.68. The van der Waals surface area contributed by atoms with Crippen LogP contribution in [-0.4, -0.2) is 39.5 Å². The van der Waals surface area contributed by atoms with Gasteiger partial charge in [0, 0.05) is 24.4 Å². The minimum atomic E-state index is -1.03. The first kappa shape index (κ1) is 13.8. The summed E-state index contributed by atoms with van der Waals surface area (Å²) in [5.74, 6) is -1.03. The van der Waals surface area contributed by atoms with E-state index in [0.717, 1.165) is 0 Å². The lowest BCUT2D eigenvalue weighted by molar-refractivity contribution is -0.384. The van der Waals surface area contributed by atoms with Gasteiger partial charge in [0.15, 0.2) is 0 Å². The zero-order chi connectivity index (χ0) is 14.7. The molecule has 1 saturated heterocycles. The molecule has 0 saturated carbocycles. The number of aliphatic carboxylic acids is 1. The number of hydrogen-bond donors (Lipinski definition) is 2. The molecule has 8 nitrogen and oxygen atoms in total. The van der Waals surface area contributed by atoms with Gasteiger partial charge in [-0.2, -0.15) is 0 Å².